The predicted molar refractivity (Wildman–Crippen MR) is 131 cm³/mol. The van der Waals surface area contributed by atoms with E-state index in [1.54, 1.807) is 16.7 Å². The van der Waals surface area contributed by atoms with E-state index in [9.17, 15) is 13.6 Å². The minimum absolute atomic E-state index is 0.0334. The molecule has 0 saturated carbocycles. The second-order valence-electron chi connectivity index (χ2n) is 9.79. The first kappa shape index (κ1) is 24.7. The van der Waals surface area contributed by atoms with Gasteiger partial charge in [-0.25, -0.2) is 13.8 Å². The highest BCUT2D eigenvalue weighted by Gasteiger charge is 2.31. The molecule has 1 atom stereocenters. The van der Waals surface area contributed by atoms with Crippen LogP contribution in [0, 0.1) is 0 Å². The van der Waals surface area contributed by atoms with Gasteiger partial charge >= 0.3 is 0 Å². The molecule has 2 N–H and O–H groups in total. The van der Waals surface area contributed by atoms with Gasteiger partial charge in [0.1, 0.15) is 5.82 Å². The molecular formula is C26H34F2N4O. The lowest BCUT2D eigenvalue weighted by Crippen LogP contribution is -2.37. The van der Waals surface area contributed by atoms with Crippen molar-refractivity contribution >= 4 is 17.6 Å². The molecule has 0 spiro atoms. The number of nitrogens with zero attached hydrogens (tertiary/aromatic N) is 2. The van der Waals surface area contributed by atoms with E-state index in [1.807, 2.05) is 31.3 Å². The lowest BCUT2D eigenvalue weighted by Gasteiger charge is -2.25. The van der Waals surface area contributed by atoms with Gasteiger partial charge in [-0.05, 0) is 69.5 Å². The van der Waals surface area contributed by atoms with Gasteiger partial charge in [0, 0.05) is 48.2 Å². The average Bonchev–Trinajstić information content (AvgIpc) is 2.87. The van der Waals surface area contributed by atoms with E-state index in [2.05, 4.69) is 36.4 Å². The zero-order valence-corrected chi connectivity index (χ0v) is 20.3. The predicted octanol–water partition coefficient (Wildman–Crippen LogP) is 6.00. The van der Waals surface area contributed by atoms with Crippen molar-refractivity contribution < 1.29 is 8.78 Å². The monoisotopic (exact) mass is 456 g/mol. The van der Waals surface area contributed by atoms with Gasteiger partial charge in [0.2, 0.25) is 0 Å². The summed E-state index contributed by atoms with van der Waals surface area (Å²) in [6, 6.07) is 5.22. The molecule has 5 nitrogen and oxygen atoms in total. The van der Waals surface area contributed by atoms with Crippen LogP contribution in [0.1, 0.15) is 77.0 Å². The van der Waals surface area contributed by atoms with E-state index in [4.69, 9.17) is 0 Å². The van der Waals surface area contributed by atoms with Crippen LogP contribution in [0.2, 0.25) is 0 Å². The number of aryl methyl sites for hydroxylation is 1. The van der Waals surface area contributed by atoms with E-state index in [1.165, 1.54) is 13.1 Å². The number of hydrogen-bond donors (Lipinski definition) is 2. The third-order valence-electron chi connectivity index (χ3n) is 5.63. The van der Waals surface area contributed by atoms with Gasteiger partial charge in [-0.2, -0.15) is 0 Å². The first-order valence-electron chi connectivity index (χ1n) is 11.4. The Kier molecular flexibility index (Phi) is 7.10. The van der Waals surface area contributed by atoms with Gasteiger partial charge in [0.05, 0.1) is 5.56 Å². The van der Waals surface area contributed by atoms with Crippen LogP contribution in [0.5, 0.6) is 0 Å². The van der Waals surface area contributed by atoms with Crippen LogP contribution in [-0.4, -0.2) is 21.0 Å². The lowest BCUT2D eigenvalue weighted by atomic mass is 9.96. The van der Waals surface area contributed by atoms with Crippen molar-refractivity contribution in [3.8, 4) is 0 Å². The lowest BCUT2D eigenvalue weighted by molar-refractivity contribution is -0.00222. The molecule has 33 heavy (non-hydrogen) atoms. The number of fused-ring (bicyclic) bond motifs is 1. The van der Waals surface area contributed by atoms with Crippen LogP contribution in [0.4, 0.5) is 14.6 Å². The SMILES string of the molecule is CCCn1ccc2c(c1=O)C(NC(C)(C)C)=CCC(Nc1cc(C(C)C(C)(F)F)ccn1)=C2. The number of alkyl halides is 2. The normalized spacial score (nSPS) is 15.2. The van der Waals surface area contributed by atoms with Crippen LogP contribution < -0.4 is 16.2 Å². The van der Waals surface area contributed by atoms with Gasteiger partial charge in [0.25, 0.3) is 11.5 Å². The minimum atomic E-state index is -2.83. The molecule has 2 aromatic heterocycles. The topological polar surface area (TPSA) is 59.0 Å². The van der Waals surface area contributed by atoms with Gasteiger partial charge in [-0.3, -0.25) is 4.79 Å². The molecule has 178 valence electrons. The molecular weight excluding hydrogens is 422 g/mol. The molecule has 3 rings (SSSR count). The first-order chi connectivity index (χ1) is 15.4. The molecule has 0 saturated heterocycles. The van der Waals surface area contributed by atoms with Crippen molar-refractivity contribution in [2.75, 3.05) is 5.32 Å². The number of rotatable bonds is 7. The minimum Gasteiger partial charge on any atom is -0.380 e. The van der Waals surface area contributed by atoms with Crippen LogP contribution in [0.25, 0.3) is 11.8 Å². The zero-order chi connectivity index (χ0) is 24.4. The largest absolute Gasteiger partial charge is 0.380 e. The maximum atomic E-state index is 13.8. The molecule has 1 unspecified atom stereocenters. The molecule has 2 heterocycles. The molecule has 1 aliphatic rings. The summed E-state index contributed by atoms with van der Waals surface area (Å²) in [5.74, 6) is -3.26. The van der Waals surface area contributed by atoms with Crippen molar-refractivity contribution in [1.29, 1.82) is 0 Å². The molecule has 0 aromatic carbocycles. The Hall–Kier alpha value is -2.96. The number of pyridine rings is 2. The highest BCUT2D eigenvalue weighted by molar-refractivity contribution is 5.77. The third-order valence-corrected chi connectivity index (χ3v) is 5.63. The average molecular weight is 457 g/mol. The maximum absolute atomic E-state index is 13.8. The second kappa shape index (κ2) is 9.49. The summed E-state index contributed by atoms with van der Waals surface area (Å²) in [4.78, 5) is 17.6. The number of nitrogens with one attached hydrogen (secondary N) is 2. The summed E-state index contributed by atoms with van der Waals surface area (Å²) < 4.78 is 29.4. The number of aromatic nitrogens is 2. The molecule has 7 heteroatoms. The molecule has 0 amide bonds. The summed E-state index contributed by atoms with van der Waals surface area (Å²) in [5.41, 5.74) is 3.32. The molecule has 0 radical (unpaired) electrons. The third kappa shape index (κ3) is 6.09. The Morgan fingerprint density at radius 3 is 2.58 bits per heavy atom. The summed E-state index contributed by atoms with van der Waals surface area (Å²) in [6.07, 6.45) is 8.70. The fraction of sp³-hybridized carbons (Fsp3) is 0.462. The fourth-order valence-corrected chi connectivity index (χ4v) is 3.80. The Morgan fingerprint density at radius 1 is 1.21 bits per heavy atom. The van der Waals surface area contributed by atoms with Gasteiger partial charge in [-0.15, -0.1) is 0 Å². The van der Waals surface area contributed by atoms with Gasteiger partial charge in [-0.1, -0.05) is 19.9 Å². The zero-order valence-electron chi connectivity index (χ0n) is 20.3. The molecule has 0 aliphatic heterocycles. The van der Waals surface area contributed by atoms with E-state index < -0.39 is 11.8 Å². The summed E-state index contributed by atoms with van der Waals surface area (Å²) in [7, 11) is 0. The van der Waals surface area contributed by atoms with E-state index >= 15 is 0 Å². The van der Waals surface area contributed by atoms with Crippen LogP contribution in [0.15, 0.2) is 47.2 Å². The highest BCUT2D eigenvalue weighted by Crippen LogP contribution is 2.33. The number of allylic oxidation sites excluding steroid dienone is 1. The van der Waals surface area contributed by atoms with Crippen LogP contribution in [0.3, 0.4) is 0 Å². The van der Waals surface area contributed by atoms with Crippen molar-refractivity contribution in [3.63, 3.8) is 0 Å². The summed E-state index contributed by atoms with van der Waals surface area (Å²) in [6.45, 7) is 11.3. The molecule has 0 fully saturated rings. The molecule has 0 bridgehead atoms. The van der Waals surface area contributed by atoms with E-state index in [0.29, 0.717) is 29.9 Å². The Morgan fingerprint density at radius 2 is 1.94 bits per heavy atom. The van der Waals surface area contributed by atoms with E-state index in [0.717, 1.165) is 30.3 Å². The number of anilines is 1. The first-order valence-corrected chi connectivity index (χ1v) is 11.4. The van der Waals surface area contributed by atoms with E-state index in [-0.39, 0.29) is 11.1 Å². The van der Waals surface area contributed by atoms with Crippen molar-refractivity contribution in [1.82, 2.24) is 14.9 Å². The van der Waals surface area contributed by atoms with Gasteiger partial charge in [0.15, 0.2) is 0 Å². The van der Waals surface area contributed by atoms with Crippen LogP contribution >= 0.6 is 0 Å². The number of halogens is 2. The van der Waals surface area contributed by atoms with Crippen molar-refractivity contribution in [2.45, 2.75) is 78.3 Å². The smallest absolute Gasteiger partial charge is 0.260 e. The molecule has 2 aromatic rings. The van der Waals surface area contributed by atoms with Crippen molar-refractivity contribution in [3.05, 3.63) is 69.4 Å². The van der Waals surface area contributed by atoms with Gasteiger partial charge < -0.3 is 15.2 Å². The maximum Gasteiger partial charge on any atom is 0.260 e. The Balaban J connectivity index is 2.00. The quantitative estimate of drug-likeness (QED) is 0.537. The van der Waals surface area contributed by atoms with Crippen molar-refractivity contribution in [2.24, 2.45) is 0 Å². The summed E-state index contributed by atoms with van der Waals surface area (Å²) >= 11 is 0. The fourth-order valence-electron chi connectivity index (χ4n) is 3.80. The number of hydrogen-bond acceptors (Lipinski definition) is 4. The second-order valence-corrected chi connectivity index (χ2v) is 9.79. The van der Waals surface area contributed by atoms with Crippen LogP contribution in [-0.2, 0) is 6.54 Å². The molecule has 1 aliphatic carbocycles. The summed E-state index contributed by atoms with van der Waals surface area (Å²) in [5, 5.41) is 6.75. The standard InChI is InChI=1S/C26H34F2N4O/c1-7-13-32-14-11-19-15-20(8-9-21(23(19)24(32)33)31-25(3,4)5)30-22-16-18(10-12-29-22)17(2)26(6,27)28/h9-12,14-17,31H,7-8,13H2,1-6H3,(H,29,30). The Labute approximate surface area is 194 Å². The highest BCUT2D eigenvalue weighted by atomic mass is 19.3. The Bertz CT molecular complexity index is 1120.